The average Bonchev–Trinajstić information content (AvgIpc) is 3.10. The van der Waals surface area contributed by atoms with Crippen LogP contribution in [0.15, 0.2) is 65.3 Å². The van der Waals surface area contributed by atoms with Gasteiger partial charge in [0.2, 0.25) is 0 Å². The summed E-state index contributed by atoms with van der Waals surface area (Å²) in [4.78, 5) is 29.4. The zero-order chi connectivity index (χ0) is 18.1. The van der Waals surface area contributed by atoms with Crippen LogP contribution in [-0.2, 0) is 0 Å². The topological polar surface area (TPSA) is 87.5 Å². The van der Waals surface area contributed by atoms with Crippen molar-refractivity contribution >= 4 is 17.5 Å². The number of hydrogen-bond acceptors (Lipinski definition) is 5. The van der Waals surface area contributed by atoms with Crippen molar-refractivity contribution in [3.05, 3.63) is 83.6 Å². The van der Waals surface area contributed by atoms with Gasteiger partial charge >= 0.3 is 0 Å². The summed E-state index contributed by atoms with van der Waals surface area (Å²) in [5.41, 5.74) is 4.24. The summed E-state index contributed by atoms with van der Waals surface area (Å²) in [5.74, 6) is 0.518. The van der Waals surface area contributed by atoms with E-state index >= 15 is 0 Å². The first-order valence-corrected chi connectivity index (χ1v) is 8.10. The number of para-hydroxylation sites is 1. The third-order valence-corrected chi connectivity index (χ3v) is 4.12. The van der Waals surface area contributed by atoms with Crippen LogP contribution in [0.2, 0.25) is 0 Å². The Labute approximate surface area is 149 Å². The molecule has 7 nitrogen and oxygen atoms in total. The fourth-order valence-corrected chi connectivity index (χ4v) is 2.85. The molecular weight excluding hydrogens is 332 g/mol. The van der Waals surface area contributed by atoms with Crippen LogP contribution in [-0.4, -0.2) is 21.8 Å². The van der Waals surface area contributed by atoms with Crippen LogP contribution in [0.3, 0.4) is 0 Å². The molecule has 0 radical (unpaired) electrons. The van der Waals surface area contributed by atoms with Crippen molar-refractivity contribution in [2.24, 2.45) is 0 Å². The molecular formula is C19H16N4O3. The minimum absolute atomic E-state index is 0.319. The lowest BCUT2D eigenvalue weighted by Crippen LogP contribution is -2.52. The molecule has 0 fully saturated rings. The first kappa shape index (κ1) is 15.9. The van der Waals surface area contributed by atoms with Crippen LogP contribution in [0.4, 0.5) is 5.69 Å². The zero-order valence-corrected chi connectivity index (χ0v) is 14.0. The number of rotatable bonds is 3. The minimum atomic E-state index is -0.656. The number of aromatic nitrogens is 1. The number of carbonyl (C=O) groups is 2. The maximum Gasteiger partial charge on any atom is 0.276 e. The third-order valence-electron chi connectivity index (χ3n) is 4.12. The van der Waals surface area contributed by atoms with Crippen molar-refractivity contribution in [1.82, 2.24) is 15.4 Å². The number of fused-ring (bicyclic) bond motifs is 1. The van der Waals surface area contributed by atoms with Crippen LogP contribution in [0.1, 0.15) is 38.4 Å². The predicted octanol–water partition coefficient (Wildman–Crippen LogP) is 2.89. The zero-order valence-electron chi connectivity index (χ0n) is 14.0. The number of nitrogens with zero attached hydrogens (tertiary/aromatic N) is 2. The number of anilines is 1. The highest BCUT2D eigenvalue weighted by atomic mass is 16.3. The van der Waals surface area contributed by atoms with Gasteiger partial charge in [0, 0.05) is 23.6 Å². The quantitative estimate of drug-likeness (QED) is 0.760. The van der Waals surface area contributed by atoms with Gasteiger partial charge in [-0.1, -0.05) is 12.1 Å². The van der Waals surface area contributed by atoms with Gasteiger partial charge in [0.05, 0.1) is 5.56 Å². The van der Waals surface area contributed by atoms with Gasteiger partial charge in [0.15, 0.2) is 6.17 Å². The summed E-state index contributed by atoms with van der Waals surface area (Å²) in [6, 6.07) is 13.9. The summed E-state index contributed by atoms with van der Waals surface area (Å²) in [6.07, 6.45) is 2.39. The Kier molecular flexibility index (Phi) is 3.89. The van der Waals surface area contributed by atoms with E-state index in [1.165, 1.54) is 17.4 Å². The van der Waals surface area contributed by atoms with E-state index < -0.39 is 12.1 Å². The average molecular weight is 348 g/mol. The van der Waals surface area contributed by atoms with Gasteiger partial charge in [-0.15, -0.1) is 0 Å². The third kappa shape index (κ3) is 2.79. The highest BCUT2D eigenvalue weighted by Gasteiger charge is 2.36. The van der Waals surface area contributed by atoms with Crippen LogP contribution in [0, 0.1) is 6.92 Å². The normalized spacial score (nSPS) is 16.0. The molecule has 0 bridgehead atoms. The number of furan rings is 1. The van der Waals surface area contributed by atoms with Gasteiger partial charge in [0.25, 0.3) is 11.8 Å². The van der Waals surface area contributed by atoms with Gasteiger partial charge in [-0.05, 0) is 43.3 Å². The highest BCUT2D eigenvalue weighted by Crippen LogP contribution is 2.32. The Hall–Kier alpha value is -3.61. The Morgan fingerprint density at radius 2 is 1.92 bits per heavy atom. The van der Waals surface area contributed by atoms with Gasteiger partial charge in [-0.25, -0.2) is 5.01 Å². The van der Waals surface area contributed by atoms with E-state index in [0.29, 0.717) is 28.3 Å². The number of amides is 2. The number of hydrazine groups is 1. The lowest BCUT2D eigenvalue weighted by atomic mass is 10.1. The van der Waals surface area contributed by atoms with E-state index in [0.717, 1.165) is 0 Å². The van der Waals surface area contributed by atoms with E-state index in [-0.39, 0.29) is 5.91 Å². The molecule has 3 aromatic rings. The van der Waals surface area contributed by atoms with E-state index in [2.05, 4.69) is 15.7 Å². The second kappa shape index (κ2) is 6.36. The molecule has 0 spiro atoms. The summed E-state index contributed by atoms with van der Waals surface area (Å²) in [6.45, 7) is 1.82. The van der Waals surface area contributed by atoms with Crippen molar-refractivity contribution in [2.45, 2.75) is 13.1 Å². The Morgan fingerprint density at radius 3 is 2.65 bits per heavy atom. The molecule has 1 atom stereocenters. The smallest absolute Gasteiger partial charge is 0.276 e. The van der Waals surface area contributed by atoms with Crippen LogP contribution < -0.4 is 10.7 Å². The van der Waals surface area contributed by atoms with E-state index in [1.54, 1.807) is 30.3 Å². The van der Waals surface area contributed by atoms with Crippen molar-refractivity contribution < 1.29 is 14.0 Å². The predicted molar refractivity (Wildman–Crippen MR) is 94.1 cm³/mol. The number of pyridine rings is 1. The molecule has 0 saturated carbocycles. The number of aryl methyl sites for hydroxylation is 1. The minimum Gasteiger partial charge on any atom is -0.462 e. The first-order valence-electron chi connectivity index (χ1n) is 8.10. The molecule has 1 unspecified atom stereocenters. The molecule has 1 aliphatic heterocycles. The first-order chi connectivity index (χ1) is 12.6. The second-order valence-corrected chi connectivity index (χ2v) is 5.89. The summed E-state index contributed by atoms with van der Waals surface area (Å²) >= 11 is 0. The van der Waals surface area contributed by atoms with Crippen molar-refractivity contribution in [1.29, 1.82) is 0 Å². The number of nitrogens with one attached hydrogen (secondary N) is 2. The molecule has 1 aromatic carbocycles. The SMILES string of the molecule is Cc1ccc(C2Nc3ccccc3C(=O)N2NC(=O)c2ccncc2)o1. The molecule has 7 heteroatoms. The molecule has 3 heterocycles. The lowest BCUT2D eigenvalue weighted by molar-refractivity contribution is 0.0466. The highest BCUT2D eigenvalue weighted by molar-refractivity contribution is 6.03. The molecule has 1 aliphatic rings. The number of benzene rings is 1. The van der Waals surface area contributed by atoms with Gasteiger partial charge in [-0.2, -0.15) is 0 Å². The van der Waals surface area contributed by atoms with Gasteiger partial charge in [0.1, 0.15) is 11.5 Å². The Bertz CT molecular complexity index is 968. The van der Waals surface area contributed by atoms with Crippen LogP contribution in [0.25, 0.3) is 0 Å². The summed E-state index contributed by atoms with van der Waals surface area (Å²) in [7, 11) is 0. The van der Waals surface area contributed by atoms with E-state index in [1.807, 2.05) is 25.1 Å². The fraction of sp³-hybridized carbons (Fsp3) is 0.105. The Balaban J connectivity index is 1.71. The van der Waals surface area contributed by atoms with Crippen LogP contribution in [0.5, 0.6) is 0 Å². The molecule has 0 saturated heterocycles. The molecule has 26 heavy (non-hydrogen) atoms. The van der Waals surface area contributed by atoms with Gasteiger partial charge < -0.3 is 9.73 Å². The van der Waals surface area contributed by atoms with Crippen molar-refractivity contribution in [2.75, 3.05) is 5.32 Å². The molecule has 130 valence electrons. The molecule has 2 N–H and O–H groups in total. The number of hydrogen-bond donors (Lipinski definition) is 2. The standard InChI is InChI=1S/C19H16N4O3/c1-12-6-7-16(26-12)17-21-15-5-3-2-4-14(15)19(25)23(17)22-18(24)13-8-10-20-11-9-13/h2-11,17,21H,1H3,(H,22,24). The van der Waals surface area contributed by atoms with Gasteiger partial charge in [-0.3, -0.25) is 20.0 Å². The monoisotopic (exact) mass is 348 g/mol. The van der Waals surface area contributed by atoms with Crippen molar-refractivity contribution in [3.63, 3.8) is 0 Å². The van der Waals surface area contributed by atoms with E-state index in [9.17, 15) is 9.59 Å². The maximum atomic E-state index is 13.0. The molecule has 2 aromatic heterocycles. The Morgan fingerprint density at radius 1 is 1.15 bits per heavy atom. The molecule has 4 rings (SSSR count). The van der Waals surface area contributed by atoms with Crippen LogP contribution >= 0.6 is 0 Å². The number of carbonyl (C=O) groups excluding carboxylic acids is 2. The molecule has 0 aliphatic carbocycles. The van der Waals surface area contributed by atoms with E-state index in [4.69, 9.17) is 4.42 Å². The second-order valence-electron chi connectivity index (χ2n) is 5.89. The molecule has 2 amide bonds. The fourth-order valence-electron chi connectivity index (χ4n) is 2.85. The maximum absolute atomic E-state index is 13.0. The lowest BCUT2D eigenvalue weighted by Gasteiger charge is -2.36. The largest absolute Gasteiger partial charge is 0.462 e. The van der Waals surface area contributed by atoms with Crippen molar-refractivity contribution in [3.8, 4) is 0 Å². The summed E-state index contributed by atoms with van der Waals surface area (Å²) < 4.78 is 5.69. The summed E-state index contributed by atoms with van der Waals surface area (Å²) in [5, 5.41) is 4.50.